The SMILES string of the molecule is CCNC(=NCc1nc(C)c(C)s1)NCCCOC1CCCCC1.I. The molecular formula is C18H33IN4OS. The molecule has 1 aliphatic carbocycles. The predicted molar refractivity (Wildman–Crippen MR) is 117 cm³/mol. The summed E-state index contributed by atoms with van der Waals surface area (Å²) in [7, 11) is 0. The highest BCUT2D eigenvalue weighted by atomic mass is 127. The Hall–Kier alpha value is -0.410. The van der Waals surface area contributed by atoms with Crippen molar-refractivity contribution in [1.82, 2.24) is 15.6 Å². The third-order valence-corrected chi connectivity index (χ3v) is 5.37. The fraction of sp³-hybridized carbons (Fsp3) is 0.778. The lowest BCUT2D eigenvalue weighted by molar-refractivity contribution is 0.0277. The zero-order chi connectivity index (χ0) is 17.2. The highest BCUT2D eigenvalue weighted by molar-refractivity contribution is 14.0. The van der Waals surface area contributed by atoms with Crippen LogP contribution in [0.25, 0.3) is 0 Å². The van der Waals surface area contributed by atoms with Crippen molar-refractivity contribution in [2.45, 2.75) is 71.9 Å². The molecule has 0 spiro atoms. The van der Waals surface area contributed by atoms with Gasteiger partial charge >= 0.3 is 0 Å². The van der Waals surface area contributed by atoms with Crippen molar-refractivity contribution >= 4 is 41.3 Å². The average Bonchev–Trinajstić information content (AvgIpc) is 2.91. The number of hydrogen-bond acceptors (Lipinski definition) is 4. The summed E-state index contributed by atoms with van der Waals surface area (Å²) >= 11 is 1.73. The molecule has 1 saturated carbocycles. The van der Waals surface area contributed by atoms with E-state index in [1.54, 1.807) is 11.3 Å². The molecule has 0 aliphatic heterocycles. The number of aliphatic imine (C=N–C) groups is 1. The minimum atomic E-state index is 0. The first-order valence-corrected chi connectivity index (χ1v) is 10.1. The molecule has 1 aliphatic rings. The van der Waals surface area contributed by atoms with Crippen molar-refractivity contribution in [3.05, 3.63) is 15.6 Å². The van der Waals surface area contributed by atoms with Gasteiger partial charge in [-0.25, -0.2) is 9.98 Å². The van der Waals surface area contributed by atoms with Gasteiger partial charge in [0.05, 0.1) is 18.3 Å². The lowest BCUT2D eigenvalue weighted by Gasteiger charge is -2.22. The fourth-order valence-electron chi connectivity index (χ4n) is 2.86. The summed E-state index contributed by atoms with van der Waals surface area (Å²) in [4.78, 5) is 10.4. The van der Waals surface area contributed by atoms with E-state index in [1.807, 2.05) is 0 Å². The molecule has 2 N–H and O–H groups in total. The Bertz CT molecular complexity index is 496. The standard InChI is InChI=1S/C18H32N4OS.HI/c1-4-19-18(21-13-17-22-14(2)15(3)24-17)20-11-8-12-23-16-9-6-5-7-10-16;/h16H,4-13H2,1-3H3,(H2,19,20,21);1H. The zero-order valence-corrected chi connectivity index (χ0v) is 18.9. The first-order chi connectivity index (χ1) is 11.7. The van der Waals surface area contributed by atoms with Gasteiger partial charge in [0.1, 0.15) is 5.01 Å². The van der Waals surface area contributed by atoms with Crippen LogP contribution in [0.4, 0.5) is 0 Å². The first-order valence-electron chi connectivity index (χ1n) is 9.25. The maximum atomic E-state index is 5.96. The number of guanidine groups is 1. The number of ether oxygens (including phenoxy) is 1. The van der Waals surface area contributed by atoms with Crippen LogP contribution in [0.15, 0.2) is 4.99 Å². The second-order valence-corrected chi connectivity index (χ2v) is 7.64. The normalized spacial score (nSPS) is 15.7. The summed E-state index contributed by atoms with van der Waals surface area (Å²) in [6.45, 7) is 9.45. The second kappa shape index (κ2) is 12.9. The largest absolute Gasteiger partial charge is 0.378 e. The van der Waals surface area contributed by atoms with E-state index in [0.29, 0.717) is 12.6 Å². The molecule has 7 heteroatoms. The first kappa shape index (κ1) is 22.6. The Morgan fingerprint density at radius 2 is 2.00 bits per heavy atom. The number of aryl methyl sites for hydroxylation is 2. The van der Waals surface area contributed by atoms with E-state index < -0.39 is 0 Å². The molecular weight excluding hydrogens is 447 g/mol. The number of halogens is 1. The van der Waals surface area contributed by atoms with Crippen LogP contribution in [-0.4, -0.2) is 36.7 Å². The molecule has 2 rings (SSSR count). The number of nitrogens with one attached hydrogen (secondary N) is 2. The monoisotopic (exact) mass is 480 g/mol. The molecule has 0 bridgehead atoms. The lowest BCUT2D eigenvalue weighted by atomic mass is 9.98. The van der Waals surface area contributed by atoms with E-state index in [1.165, 1.54) is 37.0 Å². The molecule has 0 atom stereocenters. The quantitative estimate of drug-likeness (QED) is 0.254. The summed E-state index contributed by atoms with van der Waals surface area (Å²) in [5, 5.41) is 7.75. The molecule has 0 amide bonds. The third-order valence-electron chi connectivity index (χ3n) is 4.31. The summed E-state index contributed by atoms with van der Waals surface area (Å²) in [5.74, 6) is 0.862. The Morgan fingerprint density at radius 3 is 2.64 bits per heavy atom. The van der Waals surface area contributed by atoms with Crippen LogP contribution in [0.3, 0.4) is 0 Å². The molecule has 0 radical (unpaired) electrons. The van der Waals surface area contributed by atoms with Gasteiger partial charge in [0.2, 0.25) is 0 Å². The van der Waals surface area contributed by atoms with Crippen molar-refractivity contribution in [1.29, 1.82) is 0 Å². The summed E-state index contributed by atoms with van der Waals surface area (Å²) in [6, 6.07) is 0. The maximum Gasteiger partial charge on any atom is 0.191 e. The van der Waals surface area contributed by atoms with Gasteiger partial charge in [-0.2, -0.15) is 0 Å². The summed E-state index contributed by atoms with van der Waals surface area (Å²) in [6.07, 6.45) is 8.02. The van der Waals surface area contributed by atoms with Crippen LogP contribution in [0.5, 0.6) is 0 Å². The van der Waals surface area contributed by atoms with Gasteiger partial charge in [-0.1, -0.05) is 19.3 Å². The van der Waals surface area contributed by atoms with Crippen molar-refractivity contribution in [3.63, 3.8) is 0 Å². The van der Waals surface area contributed by atoms with E-state index in [4.69, 9.17) is 4.74 Å². The Labute approximate surface area is 173 Å². The summed E-state index contributed by atoms with van der Waals surface area (Å²) in [5.41, 5.74) is 1.11. The van der Waals surface area contributed by atoms with Gasteiger partial charge in [-0.3, -0.25) is 0 Å². The van der Waals surface area contributed by atoms with E-state index >= 15 is 0 Å². The zero-order valence-electron chi connectivity index (χ0n) is 15.8. The van der Waals surface area contributed by atoms with Gasteiger partial charge in [0.15, 0.2) is 5.96 Å². The number of thiazole rings is 1. The molecule has 1 aromatic heterocycles. The van der Waals surface area contributed by atoms with Crippen LogP contribution in [0, 0.1) is 13.8 Å². The molecule has 144 valence electrons. The maximum absolute atomic E-state index is 5.96. The Balaban J connectivity index is 0.00000312. The van der Waals surface area contributed by atoms with Crippen molar-refractivity contribution in [3.8, 4) is 0 Å². The highest BCUT2D eigenvalue weighted by Crippen LogP contribution is 2.20. The van der Waals surface area contributed by atoms with Gasteiger partial charge < -0.3 is 15.4 Å². The molecule has 1 aromatic rings. The topological polar surface area (TPSA) is 58.5 Å². The highest BCUT2D eigenvalue weighted by Gasteiger charge is 2.13. The average molecular weight is 480 g/mol. The number of nitrogens with zero attached hydrogens (tertiary/aromatic N) is 2. The van der Waals surface area contributed by atoms with Crippen LogP contribution in [0.2, 0.25) is 0 Å². The number of aromatic nitrogens is 1. The number of hydrogen-bond donors (Lipinski definition) is 2. The van der Waals surface area contributed by atoms with E-state index in [-0.39, 0.29) is 24.0 Å². The molecule has 25 heavy (non-hydrogen) atoms. The Kier molecular flexibility index (Phi) is 11.6. The van der Waals surface area contributed by atoms with Gasteiger partial charge in [-0.15, -0.1) is 35.3 Å². The predicted octanol–water partition coefficient (Wildman–Crippen LogP) is 4.17. The number of rotatable bonds is 8. The third kappa shape index (κ3) is 8.68. The molecule has 1 fully saturated rings. The van der Waals surface area contributed by atoms with Crippen molar-refractivity contribution < 1.29 is 4.74 Å². The van der Waals surface area contributed by atoms with Gasteiger partial charge in [0.25, 0.3) is 0 Å². The minimum Gasteiger partial charge on any atom is -0.378 e. The van der Waals surface area contributed by atoms with E-state index in [2.05, 4.69) is 41.4 Å². The minimum absolute atomic E-state index is 0. The molecule has 5 nitrogen and oxygen atoms in total. The Morgan fingerprint density at radius 1 is 1.24 bits per heavy atom. The van der Waals surface area contributed by atoms with Gasteiger partial charge in [-0.05, 0) is 40.0 Å². The second-order valence-electron chi connectivity index (χ2n) is 6.36. The van der Waals surface area contributed by atoms with Gasteiger partial charge in [0, 0.05) is 24.6 Å². The van der Waals surface area contributed by atoms with E-state index in [9.17, 15) is 0 Å². The van der Waals surface area contributed by atoms with Crippen LogP contribution < -0.4 is 10.6 Å². The molecule has 1 heterocycles. The molecule has 0 saturated heterocycles. The lowest BCUT2D eigenvalue weighted by Crippen LogP contribution is -2.38. The van der Waals surface area contributed by atoms with Crippen LogP contribution >= 0.6 is 35.3 Å². The smallest absolute Gasteiger partial charge is 0.191 e. The van der Waals surface area contributed by atoms with Crippen LogP contribution in [0.1, 0.15) is 61.0 Å². The molecule has 0 aromatic carbocycles. The molecule has 0 unspecified atom stereocenters. The summed E-state index contributed by atoms with van der Waals surface area (Å²) < 4.78 is 5.96. The van der Waals surface area contributed by atoms with E-state index in [0.717, 1.165) is 42.8 Å². The fourth-order valence-corrected chi connectivity index (χ4v) is 3.71. The van der Waals surface area contributed by atoms with Crippen LogP contribution in [-0.2, 0) is 11.3 Å². The van der Waals surface area contributed by atoms with Crippen molar-refractivity contribution in [2.24, 2.45) is 4.99 Å². The van der Waals surface area contributed by atoms with Crippen molar-refractivity contribution in [2.75, 3.05) is 19.7 Å².